The van der Waals surface area contributed by atoms with Crippen LogP contribution in [0.4, 0.5) is 11.6 Å². The first-order chi connectivity index (χ1) is 9.85. The highest BCUT2D eigenvalue weighted by atomic mass is 15.2. The molecule has 0 unspecified atom stereocenters. The molecule has 112 valence electrons. The molecular weight excluding hydrogens is 258 g/mol. The van der Waals surface area contributed by atoms with Gasteiger partial charge in [0.25, 0.3) is 0 Å². The summed E-state index contributed by atoms with van der Waals surface area (Å²) in [7, 11) is 2.08. The first-order valence-electron chi connectivity index (χ1n) is 7.36. The van der Waals surface area contributed by atoms with E-state index < -0.39 is 0 Å². The van der Waals surface area contributed by atoms with Crippen molar-refractivity contribution in [3.8, 4) is 0 Å². The zero-order chi connectivity index (χ0) is 15.5. The van der Waals surface area contributed by atoms with Crippen LogP contribution >= 0.6 is 0 Å². The van der Waals surface area contributed by atoms with Gasteiger partial charge in [0.1, 0.15) is 11.6 Å². The van der Waals surface area contributed by atoms with Gasteiger partial charge in [0.05, 0.1) is 0 Å². The van der Waals surface area contributed by atoms with Gasteiger partial charge in [-0.2, -0.15) is 0 Å². The first kappa shape index (κ1) is 15.4. The van der Waals surface area contributed by atoms with Crippen LogP contribution in [0.2, 0.25) is 0 Å². The molecule has 2 aromatic rings. The minimum absolute atomic E-state index is 0.0141. The maximum atomic E-state index is 4.70. The van der Waals surface area contributed by atoms with Gasteiger partial charge >= 0.3 is 0 Å². The summed E-state index contributed by atoms with van der Waals surface area (Å²) in [5, 5.41) is 3.41. The van der Waals surface area contributed by atoms with Crippen molar-refractivity contribution in [2.75, 3.05) is 17.3 Å². The molecule has 1 heterocycles. The van der Waals surface area contributed by atoms with Gasteiger partial charge in [-0.25, -0.2) is 4.98 Å². The van der Waals surface area contributed by atoms with Crippen molar-refractivity contribution in [3.05, 3.63) is 53.6 Å². The maximum Gasteiger partial charge on any atom is 0.130 e. The Labute approximate surface area is 128 Å². The topological polar surface area (TPSA) is 28.2 Å². The Kier molecular flexibility index (Phi) is 4.51. The molecule has 21 heavy (non-hydrogen) atoms. The summed E-state index contributed by atoms with van der Waals surface area (Å²) in [4.78, 5) is 6.88. The van der Waals surface area contributed by atoms with E-state index in [0.29, 0.717) is 0 Å². The van der Waals surface area contributed by atoms with E-state index in [0.717, 1.165) is 18.2 Å². The third-order valence-electron chi connectivity index (χ3n) is 3.30. The molecule has 0 aliphatic carbocycles. The largest absolute Gasteiger partial charge is 0.365 e. The second-order valence-electron chi connectivity index (χ2n) is 6.54. The minimum atomic E-state index is 0.0141. The number of nitrogens with one attached hydrogen (secondary N) is 1. The van der Waals surface area contributed by atoms with Gasteiger partial charge in [-0.1, -0.05) is 30.3 Å². The smallest absolute Gasteiger partial charge is 0.130 e. The fourth-order valence-electron chi connectivity index (χ4n) is 2.21. The molecule has 2 rings (SSSR count). The molecule has 0 aliphatic rings. The minimum Gasteiger partial charge on any atom is -0.365 e. The predicted molar refractivity (Wildman–Crippen MR) is 90.9 cm³/mol. The molecular formula is C18H25N3. The zero-order valence-electron chi connectivity index (χ0n) is 13.6. The lowest BCUT2D eigenvalue weighted by atomic mass is 10.1. The molecule has 0 spiro atoms. The maximum absolute atomic E-state index is 4.70. The van der Waals surface area contributed by atoms with Crippen LogP contribution in [0.15, 0.2) is 42.5 Å². The van der Waals surface area contributed by atoms with Crippen LogP contribution in [-0.4, -0.2) is 17.6 Å². The third-order valence-corrected chi connectivity index (χ3v) is 3.30. The summed E-state index contributed by atoms with van der Waals surface area (Å²) in [5.74, 6) is 1.89. The van der Waals surface area contributed by atoms with E-state index >= 15 is 0 Å². The van der Waals surface area contributed by atoms with Gasteiger partial charge in [0.15, 0.2) is 0 Å². The van der Waals surface area contributed by atoms with Gasteiger partial charge in [0.2, 0.25) is 0 Å². The Morgan fingerprint density at radius 3 is 2.43 bits per heavy atom. The summed E-state index contributed by atoms with van der Waals surface area (Å²) in [6.07, 6.45) is 0. The van der Waals surface area contributed by atoms with Crippen molar-refractivity contribution in [1.29, 1.82) is 0 Å². The SMILES string of the molecule is Cc1ccccc1CN(C)c1cccc(NC(C)(C)C)n1. The van der Waals surface area contributed by atoms with E-state index in [4.69, 9.17) is 4.98 Å². The van der Waals surface area contributed by atoms with Crippen LogP contribution in [0.5, 0.6) is 0 Å². The van der Waals surface area contributed by atoms with Crippen molar-refractivity contribution in [1.82, 2.24) is 4.98 Å². The molecule has 3 heteroatoms. The molecule has 0 aliphatic heterocycles. The molecule has 0 bridgehead atoms. The highest BCUT2D eigenvalue weighted by Crippen LogP contribution is 2.19. The summed E-state index contributed by atoms with van der Waals surface area (Å²) in [6, 6.07) is 14.6. The Balaban J connectivity index is 2.14. The Hall–Kier alpha value is -2.03. The number of pyridine rings is 1. The van der Waals surface area contributed by atoms with Crippen LogP contribution in [0, 0.1) is 6.92 Å². The van der Waals surface area contributed by atoms with E-state index in [9.17, 15) is 0 Å². The second kappa shape index (κ2) is 6.17. The number of anilines is 2. The average molecular weight is 283 g/mol. The van der Waals surface area contributed by atoms with E-state index in [-0.39, 0.29) is 5.54 Å². The van der Waals surface area contributed by atoms with E-state index in [1.807, 2.05) is 18.2 Å². The standard InChI is InChI=1S/C18H25N3/c1-14-9-6-7-10-15(14)13-21(5)17-12-8-11-16(19-17)20-18(2,3)4/h6-12H,13H2,1-5H3,(H,19,20). The normalized spacial score (nSPS) is 11.3. The van der Waals surface area contributed by atoms with E-state index in [1.54, 1.807) is 0 Å². The summed E-state index contributed by atoms with van der Waals surface area (Å²) in [5.41, 5.74) is 2.66. The fourth-order valence-corrected chi connectivity index (χ4v) is 2.21. The lowest BCUT2D eigenvalue weighted by molar-refractivity contribution is 0.630. The van der Waals surface area contributed by atoms with Crippen molar-refractivity contribution in [2.24, 2.45) is 0 Å². The number of hydrogen-bond donors (Lipinski definition) is 1. The Bertz CT molecular complexity index is 599. The molecule has 0 fully saturated rings. The van der Waals surface area contributed by atoms with Gasteiger partial charge in [-0.3, -0.25) is 0 Å². The number of nitrogens with zero attached hydrogens (tertiary/aromatic N) is 2. The molecule has 0 saturated carbocycles. The highest BCUT2D eigenvalue weighted by molar-refractivity contribution is 5.48. The lowest BCUT2D eigenvalue weighted by Crippen LogP contribution is -2.27. The van der Waals surface area contributed by atoms with Crippen LogP contribution in [0.3, 0.4) is 0 Å². The summed E-state index contributed by atoms with van der Waals surface area (Å²) in [6.45, 7) is 9.42. The van der Waals surface area contributed by atoms with Crippen LogP contribution in [-0.2, 0) is 6.54 Å². The molecule has 1 N–H and O–H groups in total. The van der Waals surface area contributed by atoms with Crippen molar-refractivity contribution in [2.45, 2.75) is 39.8 Å². The monoisotopic (exact) mass is 283 g/mol. The van der Waals surface area contributed by atoms with Crippen molar-refractivity contribution >= 4 is 11.6 Å². The van der Waals surface area contributed by atoms with Crippen LogP contribution in [0.1, 0.15) is 31.9 Å². The lowest BCUT2D eigenvalue weighted by Gasteiger charge is -2.24. The zero-order valence-corrected chi connectivity index (χ0v) is 13.6. The predicted octanol–water partition coefficient (Wildman–Crippen LogP) is 4.24. The third kappa shape index (κ3) is 4.48. The van der Waals surface area contributed by atoms with Crippen LogP contribution in [0.25, 0.3) is 0 Å². The van der Waals surface area contributed by atoms with E-state index in [2.05, 4.69) is 69.2 Å². The number of aryl methyl sites for hydroxylation is 1. The molecule has 0 atom stereocenters. The number of hydrogen-bond acceptors (Lipinski definition) is 3. The quantitative estimate of drug-likeness (QED) is 0.909. The van der Waals surface area contributed by atoms with Gasteiger partial charge in [-0.05, 0) is 51.0 Å². The van der Waals surface area contributed by atoms with Crippen molar-refractivity contribution < 1.29 is 0 Å². The number of benzene rings is 1. The summed E-state index contributed by atoms with van der Waals surface area (Å²) < 4.78 is 0. The fraction of sp³-hybridized carbons (Fsp3) is 0.389. The Morgan fingerprint density at radius 1 is 1.05 bits per heavy atom. The highest BCUT2D eigenvalue weighted by Gasteiger charge is 2.11. The van der Waals surface area contributed by atoms with Crippen molar-refractivity contribution in [3.63, 3.8) is 0 Å². The second-order valence-corrected chi connectivity index (χ2v) is 6.54. The Morgan fingerprint density at radius 2 is 1.76 bits per heavy atom. The molecule has 0 radical (unpaired) electrons. The first-order valence-corrected chi connectivity index (χ1v) is 7.36. The van der Waals surface area contributed by atoms with E-state index in [1.165, 1.54) is 11.1 Å². The van der Waals surface area contributed by atoms with Crippen LogP contribution < -0.4 is 10.2 Å². The van der Waals surface area contributed by atoms with Gasteiger partial charge in [-0.15, -0.1) is 0 Å². The number of rotatable bonds is 4. The molecule has 0 saturated heterocycles. The average Bonchev–Trinajstić information content (AvgIpc) is 2.39. The molecule has 1 aromatic heterocycles. The molecule has 1 aromatic carbocycles. The molecule has 3 nitrogen and oxygen atoms in total. The number of aromatic nitrogens is 1. The summed E-state index contributed by atoms with van der Waals surface area (Å²) >= 11 is 0. The molecule has 0 amide bonds. The van der Waals surface area contributed by atoms with Gasteiger partial charge < -0.3 is 10.2 Å². The van der Waals surface area contributed by atoms with Gasteiger partial charge in [0, 0.05) is 19.1 Å².